The van der Waals surface area contributed by atoms with Crippen molar-refractivity contribution in [3.63, 3.8) is 0 Å². The van der Waals surface area contributed by atoms with Crippen molar-refractivity contribution in [1.29, 1.82) is 0 Å². The van der Waals surface area contributed by atoms with Gasteiger partial charge in [-0.1, -0.05) is 46.5 Å². The topological polar surface area (TPSA) is 9.23 Å². The highest BCUT2D eigenvalue weighted by molar-refractivity contribution is 14.2. The predicted molar refractivity (Wildman–Crippen MR) is 86.8 cm³/mol. The summed E-state index contributed by atoms with van der Waals surface area (Å²) < 4.78 is 10.9. The normalized spacial score (nSPS) is 10.3. The maximum absolute atomic E-state index is 5.76. The van der Waals surface area contributed by atoms with Crippen molar-refractivity contribution in [2.24, 2.45) is 0 Å². The monoisotopic (exact) mass is 352 g/mol. The molecule has 0 atom stereocenters. The lowest BCUT2D eigenvalue weighted by Crippen LogP contribution is -1.95. The summed E-state index contributed by atoms with van der Waals surface area (Å²) >= 11 is 0.0798. The van der Waals surface area contributed by atoms with E-state index in [1.54, 1.807) is 0 Å². The van der Waals surface area contributed by atoms with Gasteiger partial charge in [0, 0.05) is 4.43 Å². The Morgan fingerprint density at radius 2 is 1.56 bits per heavy atom. The first-order chi connectivity index (χ1) is 8.78. The largest absolute Gasteiger partial charge is 0.489 e. The molecule has 2 rings (SSSR count). The fourth-order valence-corrected chi connectivity index (χ4v) is 2.77. The quantitative estimate of drug-likeness (QED) is 0.570. The highest BCUT2D eigenvalue weighted by Crippen LogP contribution is 2.17. The van der Waals surface area contributed by atoms with Gasteiger partial charge in [0.25, 0.3) is 0 Å². The lowest BCUT2D eigenvalue weighted by atomic mass is 10.2. The van der Waals surface area contributed by atoms with Crippen LogP contribution in [0.4, 0.5) is 0 Å². The number of benzene rings is 2. The SMILES string of the molecule is C=ICc1ccc(OCc2ccc(C)cc2)cc1. The molecule has 2 aromatic carbocycles. The van der Waals surface area contributed by atoms with Gasteiger partial charge in [0.15, 0.2) is 0 Å². The van der Waals surface area contributed by atoms with Crippen molar-refractivity contribution in [3.05, 3.63) is 65.2 Å². The second-order valence-electron chi connectivity index (χ2n) is 4.24. The molecule has 0 saturated heterocycles. The molecular weight excluding hydrogens is 335 g/mol. The second kappa shape index (κ2) is 6.69. The first-order valence-electron chi connectivity index (χ1n) is 5.88. The van der Waals surface area contributed by atoms with E-state index in [0.717, 1.165) is 10.2 Å². The van der Waals surface area contributed by atoms with Crippen LogP contribution >= 0.6 is 20.7 Å². The van der Waals surface area contributed by atoms with Crippen LogP contribution in [-0.4, -0.2) is 4.51 Å². The van der Waals surface area contributed by atoms with Crippen LogP contribution in [0.25, 0.3) is 0 Å². The second-order valence-corrected chi connectivity index (χ2v) is 6.08. The van der Waals surface area contributed by atoms with Gasteiger partial charge in [-0.25, -0.2) is 0 Å². The molecule has 0 bridgehead atoms. The summed E-state index contributed by atoms with van der Waals surface area (Å²) in [6, 6.07) is 16.8. The van der Waals surface area contributed by atoms with Crippen molar-refractivity contribution in [1.82, 2.24) is 0 Å². The highest BCUT2D eigenvalue weighted by atomic mass is 127. The number of hydrogen-bond acceptors (Lipinski definition) is 1. The van der Waals surface area contributed by atoms with E-state index in [9.17, 15) is 0 Å². The summed E-state index contributed by atoms with van der Waals surface area (Å²) in [6.45, 7) is 2.72. The lowest BCUT2D eigenvalue weighted by Gasteiger charge is -2.07. The molecule has 0 radical (unpaired) electrons. The molecule has 0 aliphatic carbocycles. The van der Waals surface area contributed by atoms with Gasteiger partial charge in [-0.05, 0) is 30.2 Å². The molecule has 1 nitrogen and oxygen atoms in total. The van der Waals surface area contributed by atoms with Crippen LogP contribution in [-0.2, 0) is 11.0 Å². The van der Waals surface area contributed by atoms with Gasteiger partial charge in [0.1, 0.15) is 12.4 Å². The molecule has 2 aromatic rings. The minimum absolute atomic E-state index is 0.0798. The van der Waals surface area contributed by atoms with Gasteiger partial charge >= 0.3 is 0 Å². The Morgan fingerprint density at radius 3 is 2.17 bits per heavy atom. The summed E-state index contributed by atoms with van der Waals surface area (Å²) in [5.74, 6) is 0.932. The summed E-state index contributed by atoms with van der Waals surface area (Å²) in [4.78, 5) is 0. The zero-order chi connectivity index (χ0) is 12.8. The summed E-state index contributed by atoms with van der Waals surface area (Å²) in [7, 11) is 0. The molecule has 0 spiro atoms. The van der Waals surface area contributed by atoms with E-state index in [1.165, 1.54) is 16.7 Å². The third-order valence-electron chi connectivity index (χ3n) is 2.70. The highest BCUT2D eigenvalue weighted by Gasteiger charge is 1.96. The zero-order valence-corrected chi connectivity index (χ0v) is 12.7. The van der Waals surface area contributed by atoms with Gasteiger partial charge in [0.05, 0.1) is 0 Å². The molecule has 0 aliphatic heterocycles. The van der Waals surface area contributed by atoms with Gasteiger partial charge in [0.2, 0.25) is 0 Å². The smallest absolute Gasteiger partial charge is 0.119 e. The summed E-state index contributed by atoms with van der Waals surface area (Å²) in [5, 5.41) is 0. The number of ether oxygens (including phenoxy) is 1. The van der Waals surface area contributed by atoms with E-state index in [1.807, 2.05) is 12.1 Å². The Labute approximate surface area is 119 Å². The molecule has 0 unspecified atom stereocenters. The maximum Gasteiger partial charge on any atom is 0.119 e. The molecule has 18 heavy (non-hydrogen) atoms. The van der Waals surface area contributed by atoms with Crippen LogP contribution < -0.4 is 4.74 Å². The van der Waals surface area contributed by atoms with Gasteiger partial charge < -0.3 is 4.74 Å². The predicted octanol–water partition coefficient (Wildman–Crippen LogP) is 4.48. The van der Waals surface area contributed by atoms with E-state index in [2.05, 4.69) is 47.8 Å². The van der Waals surface area contributed by atoms with Crippen LogP contribution in [0.1, 0.15) is 16.7 Å². The first kappa shape index (κ1) is 13.3. The number of hydrogen-bond donors (Lipinski definition) is 0. The molecule has 0 N–H and O–H groups in total. The summed E-state index contributed by atoms with van der Waals surface area (Å²) in [6.07, 6.45) is 0. The minimum atomic E-state index is 0.0798. The molecule has 0 aliphatic rings. The van der Waals surface area contributed by atoms with Crippen LogP contribution in [0, 0.1) is 6.92 Å². The number of halogens is 1. The zero-order valence-electron chi connectivity index (χ0n) is 10.5. The molecular formula is C16H17IO. The maximum atomic E-state index is 5.76. The molecule has 2 heteroatoms. The van der Waals surface area contributed by atoms with Crippen LogP contribution in [0.2, 0.25) is 0 Å². The fourth-order valence-electron chi connectivity index (χ4n) is 1.63. The average Bonchev–Trinajstić information content (AvgIpc) is 2.40. The number of alkyl halides is 1. The molecule has 94 valence electrons. The van der Waals surface area contributed by atoms with E-state index < -0.39 is 0 Å². The molecule has 0 aromatic heterocycles. The Bertz CT molecular complexity index is 500. The third-order valence-corrected chi connectivity index (χ3v) is 4.12. The van der Waals surface area contributed by atoms with Crippen molar-refractivity contribution in [2.75, 3.05) is 0 Å². The van der Waals surface area contributed by atoms with Crippen molar-refractivity contribution >= 4 is 25.2 Å². The van der Waals surface area contributed by atoms with Crippen LogP contribution in [0.5, 0.6) is 5.75 Å². The molecule has 0 amide bonds. The van der Waals surface area contributed by atoms with E-state index in [4.69, 9.17) is 4.74 Å². The van der Waals surface area contributed by atoms with Gasteiger partial charge in [-0.2, -0.15) is 0 Å². The van der Waals surface area contributed by atoms with Gasteiger partial charge in [-0.3, -0.25) is 0 Å². The van der Waals surface area contributed by atoms with Crippen molar-refractivity contribution in [3.8, 4) is 5.75 Å². The van der Waals surface area contributed by atoms with Gasteiger partial charge in [-0.15, -0.1) is 20.7 Å². The van der Waals surface area contributed by atoms with E-state index in [0.29, 0.717) is 6.61 Å². The fraction of sp³-hybridized carbons (Fsp3) is 0.188. The van der Waals surface area contributed by atoms with Crippen molar-refractivity contribution < 1.29 is 4.74 Å². The lowest BCUT2D eigenvalue weighted by molar-refractivity contribution is 0.306. The Kier molecular flexibility index (Phi) is 4.93. The number of aryl methyl sites for hydroxylation is 1. The van der Waals surface area contributed by atoms with Crippen LogP contribution in [0.15, 0.2) is 48.5 Å². The Balaban J connectivity index is 1.93. The Hall–Kier alpha value is -1.16. The standard InChI is InChI=1S/C16H17IO/c1-13-3-5-15(6-4-13)12-18-16-9-7-14(8-10-16)11-17-2/h3-10H,2,11-12H2,1H3. The Morgan fingerprint density at radius 1 is 0.944 bits per heavy atom. The molecule has 0 fully saturated rings. The molecule has 0 heterocycles. The van der Waals surface area contributed by atoms with Crippen molar-refractivity contribution in [2.45, 2.75) is 18.0 Å². The van der Waals surface area contributed by atoms with E-state index >= 15 is 0 Å². The number of rotatable bonds is 5. The van der Waals surface area contributed by atoms with Crippen LogP contribution in [0.3, 0.4) is 0 Å². The summed E-state index contributed by atoms with van der Waals surface area (Å²) in [5.41, 5.74) is 3.84. The molecule has 0 saturated carbocycles. The van der Waals surface area contributed by atoms with E-state index in [-0.39, 0.29) is 20.7 Å². The first-order valence-corrected chi connectivity index (χ1v) is 8.93. The minimum Gasteiger partial charge on any atom is -0.489 e. The average molecular weight is 352 g/mol. The third kappa shape index (κ3) is 3.95.